The number of Topliss-reactive ketones (excluding diaryl/α,β-unsaturated/α-hetero) is 1. The minimum atomic E-state index is -4.82. The lowest BCUT2D eigenvalue weighted by atomic mass is 10.1. The van der Waals surface area contributed by atoms with E-state index < -0.39 is 35.4 Å². The number of carbonyl (C=O) groups is 2. The van der Waals surface area contributed by atoms with Crippen molar-refractivity contribution in [2.45, 2.75) is 19.6 Å². The van der Waals surface area contributed by atoms with E-state index in [1.165, 1.54) is 6.07 Å². The van der Waals surface area contributed by atoms with Gasteiger partial charge in [0.15, 0.2) is 0 Å². The highest BCUT2D eigenvalue weighted by Crippen LogP contribution is 2.30. The van der Waals surface area contributed by atoms with Crippen LogP contribution in [0.1, 0.15) is 18.4 Å². The number of alkyl halides is 3. The Hall–Kier alpha value is -2.78. The number of aromatic nitrogens is 2. The second-order valence-electron chi connectivity index (χ2n) is 4.47. The summed E-state index contributed by atoms with van der Waals surface area (Å²) in [6, 6.07) is 3.48. The molecule has 0 aliphatic carbocycles. The van der Waals surface area contributed by atoms with Crippen molar-refractivity contribution in [3.8, 4) is 11.4 Å². The van der Waals surface area contributed by atoms with Crippen LogP contribution >= 0.6 is 0 Å². The molecule has 1 aromatic carbocycles. The molecule has 23 heavy (non-hydrogen) atoms. The van der Waals surface area contributed by atoms with Gasteiger partial charge in [0.05, 0.1) is 5.56 Å². The Labute approximate surface area is 126 Å². The molecular formula is C13H9F4N3O3. The van der Waals surface area contributed by atoms with Crippen molar-refractivity contribution in [3.63, 3.8) is 0 Å². The van der Waals surface area contributed by atoms with Gasteiger partial charge in [0.1, 0.15) is 5.82 Å². The average molecular weight is 331 g/mol. The molecule has 1 N–H and O–H groups in total. The van der Waals surface area contributed by atoms with Gasteiger partial charge in [-0.25, -0.2) is 4.39 Å². The van der Waals surface area contributed by atoms with Crippen LogP contribution < -0.4 is 5.32 Å². The second-order valence-corrected chi connectivity index (χ2v) is 4.47. The van der Waals surface area contributed by atoms with Crippen LogP contribution in [0.2, 0.25) is 0 Å². The highest BCUT2D eigenvalue weighted by molar-refractivity contribution is 6.35. The van der Waals surface area contributed by atoms with E-state index >= 15 is 0 Å². The summed E-state index contributed by atoms with van der Waals surface area (Å²) in [6.45, 7) is 0.961. The highest BCUT2D eigenvalue weighted by Gasteiger charge is 2.38. The summed E-state index contributed by atoms with van der Waals surface area (Å²) in [5.74, 6) is -4.55. The van der Waals surface area contributed by atoms with E-state index in [9.17, 15) is 27.2 Å². The predicted molar refractivity (Wildman–Crippen MR) is 67.2 cm³/mol. The Morgan fingerprint density at radius 1 is 1.30 bits per heavy atom. The van der Waals surface area contributed by atoms with Crippen LogP contribution in [0.25, 0.3) is 11.4 Å². The number of nitrogens with one attached hydrogen (secondary N) is 1. The molecule has 0 bridgehead atoms. The third-order valence-corrected chi connectivity index (χ3v) is 2.72. The Morgan fingerprint density at radius 3 is 2.52 bits per heavy atom. The van der Waals surface area contributed by atoms with E-state index in [-0.39, 0.29) is 12.1 Å². The maximum atomic E-state index is 13.9. The van der Waals surface area contributed by atoms with Crippen LogP contribution in [0.15, 0.2) is 22.7 Å². The van der Waals surface area contributed by atoms with Gasteiger partial charge >= 0.3 is 12.1 Å². The number of halogens is 4. The average Bonchev–Trinajstić information content (AvgIpc) is 2.94. The van der Waals surface area contributed by atoms with Gasteiger partial charge in [-0.15, -0.1) is 0 Å². The lowest BCUT2D eigenvalue weighted by Crippen LogP contribution is -2.28. The number of benzene rings is 1. The summed E-state index contributed by atoms with van der Waals surface area (Å²) in [7, 11) is 0. The smallest absolute Gasteiger partial charge is 0.345 e. The molecule has 0 fully saturated rings. The van der Waals surface area contributed by atoms with Crippen LogP contribution in [-0.4, -0.2) is 21.8 Å². The molecule has 1 aromatic heterocycles. The van der Waals surface area contributed by atoms with E-state index in [4.69, 9.17) is 0 Å². The van der Waals surface area contributed by atoms with Crippen LogP contribution in [-0.2, 0) is 22.3 Å². The Bertz CT molecular complexity index is 755. The van der Waals surface area contributed by atoms with Crippen molar-refractivity contribution in [1.29, 1.82) is 0 Å². The summed E-state index contributed by atoms with van der Waals surface area (Å²) in [6.07, 6.45) is -4.82. The maximum absolute atomic E-state index is 13.9. The van der Waals surface area contributed by atoms with Gasteiger partial charge in [-0.1, -0.05) is 11.2 Å². The SMILES string of the molecule is CC(=O)C(=O)NCc1ccc(-c2noc(C(F)(F)F)n2)c(F)c1. The van der Waals surface area contributed by atoms with Gasteiger partial charge in [0.2, 0.25) is 11.6 Å². The molecule has 0 unspecified atom stereocenters. The number of amides is 1. The lowest BCUT2D eigenvalue weighted by Gasteiger charge is -2.05. The van der Waals surface area contributed by atoms with Crippen molar-refractivity contribution in [1.82, 2.24) is 15.5 Å². The molecule has 0 saturated carbocycles. The topological polar surface area (TPSA) is 85.1 Å². The molecule has 2 aromatic rings. The molecule has 1 amide bonds. The number of rotatable bonds is 4. The summed E-state index contributed by atoms with van der Waals surface area (Å²) >= 11 is 0. The number of hydrogen-bond donors (Lipinski definition) is 1. The Morgan fingerprint density at radius 2 is 2.00 bits per heavy atom. The van der Waals surface area contributed by atoms with Crippen LogP contribution in [0.4, 0.5) is 17.6 Å². The maximum Gasteiger partial charge on any atom is 0.471 e. The number of carbonyl (C=O) groups excluding carboxylic acids is 2. The van der Waals surface area contributed by atoms with Crippen molar-refractivity contribution in [2.75, 3.05) is 0 Å². The van der Waals surface area contributed by atoms with E-state index in [0.717, 1.165) is 19.1 Å². The first-order chi connectivity index (χ1) is 10.7. The number of hydrogen-bond acceptors (Lipinski definition) is 5. The van der Waals surface area contributed by atoms with Crippen molar-refractivity contribution < 1.29 is 31.7 Å². The molecule has 6 nitrogen and oxygen atoms in total. The molecule has 0 aliphatic rings. The molecule has 0 atom stereocenters. The van der Waals surface area contributed by atoms with Crippen molar-refractivity contribution in [2.24, 2.45) is 0 Å². The van der Waals surface area contributed by atoms with Crippen LogP contribution in [0, 0.1) is 5.82 Å². The van der Waals surface area contributed by atoms with Crippen LogP contribution in [0.5, 0.6) is 0 Å². The summed E-state index contributed by atoms with van der Waals surface area (Å²) in [4.78, 5) is 24.9. The second kappa shape index (κ2) is 6.15. The fourth-order valence-corrected chi connectivity index (χ4v) is 1.60. The van der Waals surface area contributed by atoms with E-state index in [0.29, 0.717) is 5.56 Å². The zero-order valence-electron chi connectivity index (χ0n) is 11.6. The third-order valence-electron chi connectivity index (χ3n) is 2.72. The number of nitrogens with zero attached hydrogens (tertiary/aromatic N) is 2. The quantitative estimate of drug-likeness (QED) is 0.685. The van der Waals surface area contributed by atoms with Gasteiger partial charge in [-0.2, -0.15) is 18.2 Å². The van der Waals surface area contributed by atoms with Gasteiger partial charge in [0, 0.05) is 13.5 Å². The molecule has 0 radical (unpaired) electrons. The molecule has 0 saturated heterocycles. The van der Waals surface area contributed by atoms with E-state index in [2.05, 4.69) is 20.0 Å². The van der Waals surface area contributed by atoms with E-state index in [1.54, 1.807) is 0 Å². The minimum absolute atomic E-state index is 0.115. The van der Waals surface area contributed by atoms with Crippen molar-refractivity contribution in [3.05, 3.63) is 35.5 Å². The molecule has 10 heteroatoms. The summed E-state index contributed by atoms with van der Waals surface area (Å²) in [5, 5.41) is 5.34. The molecule has 0 spiro atoms. The molecule has 1 heterocycles. The zero-order valence-corrected chi connectivity index (χ0v) is 11.6. The standard InChI is InChI=1S/C13H9F4N3O3/c1-6(21)11(22)18-5-7-2-3-8(9(14)4-7)10-19-12(23-20-10)13(15,16)17/h2-4H,5H2,1H3,(H,18,22). The first-order valence-corrected chi connectivity index (χ1v) is 6.17. The molecule has 122 valence electrons. The molecule has 2 rings (SSSR count). The fraction of sp³-hybridized carbons (Fsp3) is 0.231. The van der Waals surface area contributed by atoms with Gasteiger partial charge in [-0.05, 0) is 17.7 Å². The lowest BCUT2D eigenvalue weighted by molar-refractivity contribution is -0.159. The minimum Gasteiger partial charge on any atom is -0.345 e. The molecular weight excluding hydrogens is 322 g/mol. The van der Waals surface area contributed by atoms with Gasteiger partial charge in [0.25, 0.3) is 5.91 Å². The number of ketones is 1. The third kappa shape index (κ3) is 3.90. The Balaban J connectivity index is 2.18. The van der Waals surface area contributed by atoms with E-state index in [1.807, 2.05) is 0 Å². The predicted octanol–water partition coefficient (Wildman–Crippen LogP) is 2.10. The normalized spacial score (nSPS) is 11.3. The summed E-state index contributed by atoms with van der Waals surface area (Å²) < 4.78 is 55.1. The zero-order chi connectivity index (χ0) is 17.2. The van der Waals surface area contributed by atoms with Gasteiger partial charge in [-0.3, -0.25) is 9.59 Å². The highest BCUT2D eigenvalue weighted by atomic mass is 19.4. The largest absolute Gasteiger partial charge is 0.471 e. The van der Waals surface area contributed by atoms with Gasteiger partial charge < -0.3 is 9.84 Å². The first kappa shape index (κ1) is 16.6. The first-order valence-electron chi connectivity index (χ1n) is 6.17. The fourth-order valence-electron chi connectivity index (χ4n) is 1.60. The van der Waals surface area contributed by atoms with Crippen LogP contribution in [0.3, 0.4) is 0 Å². The monoisotopic (exact) mass is 331 g/mol. The summed E-state index contributed by atoms with van der Waals surface area (Å²) in [5.41, 5.74) is 0.0197. The Kier molecular flexibility index (Phi) is 4.43. The van der Waals surface area contributed by atoms with Crippen molar-refractivity contribution >= 4 is 11.7 Å². The molecule has 0 aliphatic heterocycles.